The van der Waals surface area contributed by atoms with E-state index in [1.54, 1.807) is 24.4 Å². The smallest absolute Gasteiger partial charge is 0.341 e. The SMILES string of the molecule is CCOC(=O)c1c(-c2ccc(C)cc2)csc1NC(=O)c1c(C)nc2ccccn12. The van der Waals surface area contributed by atoms with Gasteiger partial charge in [-0.2, -0.15) is 0 Å². The van der Waals surface area contributed by atoms with Crippen LogP contribution in [0.4, 0.5) is 5.00 Å². The summed E-state index contributed by atoms with van der Waals surface area (Å²) in [5.74, 6) is -0.784. The van der Waals surface area contributed by atoms with Crippen molar-refractivity contribution in [2.75, 3.05) is 11.9 Å². The minimum Gasteiger partial charge on any atom is -0.462 e. The van der Waals surface area contributed by atoms with Crippen LogP contribution in [0.5, 0.6) is 0 Å². The van der Waals surface area contributed by atoms with Crippen LogP contribution in [0, 0.1) is 13.8 Å². The molecule has 0 fully saturated rings. The highest BCUT2D eigenvalue weighted by Gasteiger charge is 2.25. The number of thiophene rings is 1. The van der Waals surface area contributed by atoms with Gasteiger partial charge in [-0.05, 0) is 38.5 Å². The molecule has 0 radical (unpaired) electrons. The highest BCUT2D eigenvalue weighted by molar-refractivity contribution is 7.15. The summed E-state index contributed by atoms with van der Waals surface area (Å²) in [6, 6.07) is 13.4. The van der Waals surface area contributed by atoms with Crippen molar-refractivity contribution in [3.63, 3.8) is 0 Å². The lowest BCUT2D eigenvalue weighted by Gasteiger charge is -2.09. The van der Waals surface area contributed by atoms with E-state index in [2.05, 4.69) is 10.3 Å². The fourth-order valence-corrected chi connectivity index (χ4v) is 4.30. The maximum Gasteiger partial charge on any atom is 0.341 e. The van der Waals surface area contributed by atoms with Crippen molar-refractivity contribution >= 4 is 33.9 Å². The Hall–Kier alpha value is -3.45. The predicted octanol–water partition coefficient (Wildman–Crippen LogP) is 5.11. The summed E-state index contributed by atoms with van der Waals surface area (Å²) < 4.78 is 7.02. The van der Waals surface area contributed by atoms with Crippen LogP contribution in [0.15, 0.2) is 54.0 Å². The molecule has 0 saturated heterocycles. The highest BCUT2D eigenvalue weighted by atomic mass is 32.1. The molecule has 152 valence electrons. The van der Waals surface area contributed by atoms with E-state index in [4.69, 9.17) is 4.74 Å². The van der Waals surface area contributed by atoms with E-state index in [0.29, 0.717) is 27.6 Å². The Morgan fingerprint density at radius 1 is 1.13 bits per heavy atom. The van der Waals surface area contributed by atoms with Crippen LogP contribution in [0.25, 0.3) is 16.8 Å². The standard InChI is InChI=1S/C23H21N3O3S/c1-4-29-23(28)19-17(16-10-8-14(2)9-11-16)13-30-22(19)25-21(27)20-15(3)24-18-7-5-6-12-26(18)20/h5-13H,4H2,1-3H3,(H,25,27). The Balaban J connectivity index is 1.75. The Bertz CT molecular complexity index is 1240. The van der Waals surface area contributed by atoms with Gasteiger partial charge in [0.2, 0.25) is 0 Å². The third-order valence-corrected chi connectivity index (χ3v) is 5.67. The number of carbonyl (C=O) groups excluding carboxylic acids is 2. The van der Waals surface area contributed by atoms with Crippen LogP contribution in [0.1, 0.15) is 39.0 Å². The maximum atomic E-state index is 13.1. The zero-order valence-electron chi connectivity index (χ0n) is 16.9. The molecule has 6 nitrogen and oxygen atoms in total. The van der Waals surface area contributed by atoms with E-state index in [-0.39, 0.29) is 12.5 Å². The molecule has 0 saturated carbocycles. The van der Waals surface area contributed by atoms with Crippen molar-refractivity contribution in [2.45, 2.75) is 20.8 Å². The third-order valence-electron chi connectivity index (χ3n) is 4.78. The summed E-state index contributed by atoms with van der Waals surface area (Å²) in [4.78, 5) is 30.3. The molecule has 1 N–H and O–H groups in total. The number of anilines is 1. The minimum absolute atomic E-state index is 0.252. The van der Waals surface area contributed by atoms with Crippen molar-refractivity contribution in [1.29, 1.82) is 0 Å². The molecule has 0 bridgehead atoms. The summed E-state index contributed by atoms with van der Waals surface area (Å²) in [5.41, 5.74) is 4.87. The van der Waals surface area contributed by atoms with E-state index in [1.165, 1.54) is 11.3 Å². The van der Waals surface area contributed by atoms with Crippen LogP contribution >= 0.6 is 11.3 Å². The molecule has 4 aromatic rings. The predicted molar refractivity (Wildman–Crippen MR) is 118 cm³/mol. The molecule has 0 atom stereocenters. The molecule has 7 heteroatoms. The number of fused-ring (bicyclic) bond motifs is 1. The van der Waals surface area contributed by atoms with Gasteiger partial charge in [0.15, 0.2) is 0 Å². The average molecular weight is 420 g/mol. The number of esters is 1. The number of carbonyl (C=O) groups is 2. The number of pyridine rings is 1. The number of hydrogen-bond donors (Lipinski definition) is 1. The van der Waals surface area contributed by atoms with Crippen LogP contribution < -0.4 is 5.32 Å². The number of aromatic nitrogens is 2. The van der Waals surface area contributed by atoms with E-state index in [9.17, 15) is 9.59 Å². The second kappa shape index (κ2) is 8.12. The Labute approximate surface area is 178 Å². The second-order valence-electron chi connectivity index (χ2n) is 6.87. The summed E-state index contributed by atoms with van der Waals surface area (Å²) >= 11 is 1.30. The first-order valence-electron chi connectivity index (χ1n) is 9.60. The van der Waals surface area contributed by atoms with Gasteiger partial charge >= 0.3 is 5.97 Å². The zero-order chi connectivity index (χ0) is 21.3. The fraction of sp³-hybridized carbons (Fsp3) is 0.174. The van der Waals surface area contributed by atoms with Crippen LogP contribution in [0.2, 0.25) is 0 Å². The lowest BCUT2D eigenvalue weighted by Crippen LogP contribution is -2.17. The lowest BCUT2D eigenvalue weighted by molar-refractivity contribution is 0.0529. The summed E-state index contributed by atoms with van der Waals surface area (Å²) in [7, 11) is 0. The van der Waals surface area contributed by atoms with Gasteiger partial charge in [0.05, 0.1) is 12.3 Å². The van der Waals surface area contributed by atoms with Crippen molar-refractivity contribution in [1.82, 2.24) is 9.38 Å². The van der Waals surface area contributed by atoms with Crippen molar-refractivity contribution in [3.05, 3.63) is 76.6 Å². The van der Waals surface area contributed by atoms with Gasteiger partial charge in [-0.15, -0.1) is 11.3 Å². The lowest BCUT2D eigenvalue weighted by atomic mass is 10.0. The monoisotopic (exact) mass is 419 g/mol. The second-order valence-corrected chi connectivity index (χ2v) is 7.75. The Morgan fingerprint density at radius 3 is 2.63 bits per heavy atom. The van der Waals surface area contributed by atoms with Gasteiger partial charge in [-0.25, -0.2) is 9.78 Å². The molecule has 0 aliphatic heterocycles. The maximum absolute atomic E-state index is 13.1. The van der Waals surface area contributed by atoms with Crippen molar-refractivity contribution < 1.29 is 14.3 Å². The molecule has 1 aromatic carbocycles. The number of nitrogens with one attached hydrogen (secondary N) is 1. The molecule has 3 aromatic heterocycles. The fourth-order valence-electron chi connectivity index (χ4n) is 3.35. The first kappa shape index (κ1) is 19.8. The molecule has 0 aliphatic rings. The molecule has 0 unspecified atom stereocenters. The van der Waals surface area contributed by atoms with E-state index in [1.807, 2.05) is 54.8 Å². The number of aryl methyl sites for hydroxylation is 2. The molecule has 0 spiro atoms. The van der Waals surface area contributed by atoms with Gasteiger partial charge in [0.1, 0.15) is 21.9 Å². The summed E-state index contributed by atoms with van der Waals surface area (Å²) in [6.45, 7) is 5.81. The molecule has 1 amide bonds. The van der Waals surface area contributed by atoms with Gasteiger partial charge in [-0.3, -0.25) is 9.20 Å². The number of rotatable bonds is 5. The van der Waals surface area contributed by atoms with Gasteiger partial charge in [0.25, 0.3) is 5.91 Å². The van der Waals surface area contributed by atoms with Crippen LogP contribution in [-0.2, 0) is 4.74 Å². The molecular weight excluding hydrogens is 398 g/mol. The summed E-state index contributed by atoms with van der Waals surface area (Å²) in [5, 5.41) is 5.23. The number of benzene rings is 1. The molecule has 30 heavy (non-hydrogen) atoms. The first-order chi connectivity index (χ1) is 14.5. The number of ether oxygens (including phenoxy) is 1. The third kappa shape index (κ3) is 3.59. The number of imidazole rings is 1. The topological polar surface area (TPSA) is 72.7 Å². The summed E-state index contributed by atoms with van der Waals surface area (Å²) in [6.07, 6.45) is 1.79. The number of hydrogen-bond acceptors (Lipinski definition) is 5. The quantitative estimate of drug-likeness (QED) is 0.456. The van der Waals surface area contributed by atoms with Gasteiger partial charge in [-0.1, -0.05) is 35.9 Å². The number of nitrogens with zero attached hydrogens (tertiary/aromatic N) is 2. The molecule has 0 aliphatic carbocycles. The van der Waals surface area contributed by atoms with Crippen molar-refractivity contribution in [2.24, 2.45) is 0 Å². The Kier molecular flexibility index (Phi) is 5.37. The van der Waals surface area contributed by atoms with E-state index >= 15 is 0 Å². The molecule has 4 rings (SSSR count). The van der Waals surface area contributed by atoms with Crippen LogP contribution in [-0.4, -0.2) is 27.9 Å². The minimum atomic E-state index is -0.459. The highest BCUT2D eigenvalue weighted by Crippen LogP contribution is 2.36. The largest absolute Gasteiger partial charge is 0.462 e. The zero-order valence-corrected chi connectivity index (χ0v) is 17.7. The van der Waals surface area contributed by atoms with Crippen LogP contribution in [0.3, 0.4) is 0 Å². The van der Waals surface area contributed by atoms with E-state index in [0.717, 1.165) is 16.7 Å². The Morgan fingerprint density at radius 2 is 1.90 bits per heavy atom. The number of amides is 1. The average Bonchev–Trinajstić information content (AvgIpc) is 3.28. The first-order valence-corrected chi connectivity index (χ1v) is 10.5. The van der Waals surface area contributed by atoms with E-state index < -0.39 is 5.97 Å². The normalized spacial score (nSPS) is 10.9. The molecule has 3 heterocycles. The van der Waals surface area contributed by atoms with Gasteiger partial charge < -0.3 is 10.1 Å². The van der Waals surface area contributed by atoms with Gasteiger partial charge in [0, 0.05) is 17.1 Å². The van der Waals surface area contributed by atoms with Crippen molar-refractivity contribution in [3.8, 4) is 11.1 Å². The molecular formula is C23H21N3O3S.